The summed E-state index contributed by atoms with van der Waals surface area (Å²) in [4.78, 5) is 13.5. The largest absolute Gasteiger partial charge is 0.455 e. The third-order valence-corrected chi connectivity index (χ3v) is 6.30. The third-order valence-electron chi connectivity index (χ3n) is 4.91. The average molecular weight is 517 g/mol. The van der Waals surface area contributed by atoms with Gasteiger partial charge in [0, 0.05) is 15.4 Å². The highest BCUT2D eigenvalue weighted by atomic mass is 79.9. The predicted molar refractivity (Wildman–Crippen MR) is 133 cm³/mol. The van der Waals surface area contributed by atoms with Crippen molar-refractivity contribution in [2.45, 2.75) is 6.92 Å². The molecule has 2 aromatic heterocycles. The summed E-state index contributed by atoms with van der Waals surface area (Å²) in [6.45, 7) is 1.83. The van der Waals surface area contributed by atoms with Crippen LogP contribution in [0.3, 0.4) is 0 Å². The minimum Gasteiger partial charge on any atom is -0.455 e. The number of para-hydroxylation sites is 1. The first-order valence-corrected chi connectivity index (χ1v) is 11.7. The number of carbonyl (C=O) groups is 1. The van der Waals surface area contributed by atoms with Crippen molar-refractivity contribution >= 4 is 49.7 Å². The normalized spacial score (nSPS) is 12.4. The Morgan fingerprint density at radius 2 is 1.73 bits per heavy atom. The molecule has 6 nitrogen and oxygen atoms in total. The summed E-state index contributed by atoms with van der Waals surface area (Å²) in [7, 11) is 0. The predicted octanol–water partition coefficient (Wildman–Crippen LogP) is 6.00. The van der Waals surface area contributed by atoms with Crippen LogP contribution in [0.4, 0.5) is 0 Å². The van der Waals surface area contributed by atoms with Crippen molar-refractivity contribution in [3.8, 4) is 5.69 Å². The van der Waals surface area contributed by atoms with Gasteiger partial charge in [0.1, 0.15) is 11.3 Å². The highest BCUT2D eigenvalue weighted by Crippen LogP contribution is 2.23. The lowest BCUT2D eigenvalue weighted by Gasteiger charge is -1.99. The van der Waals surface area contributed by atoms with E-state index in [0.717, 1.165) is 21.1 Å². The van der Waals surface area contributed by atoms with Gasteiger partial charge >= 0.3 is 0 Å². The van der Waals surface area contributed by atoms with Gasteiger partial charge in [0.05, 0.1) is 5.69 Å². The maximum Gasteiger partial charge on any atom is 0.233 e. The molecule has 0 atom stereocenters. The molecule has 0 saturated heterocycles. The fourth-order valence-corrected chi connectivity index (χ4v) is 4.45. The Bertz CT molecular complexity index is 1550. The highest BCUT2D eigenvalue weighted by Gasteiger charge is 2.16. The van der Waals surface area contributed by atoms with Crippen molar-refractivity contribution in [2.75, 3.05) is 0 Å². The SMILES string of the molecule is C/C(=N/N=c1\sc(C(=O)c2ccccc2)nn1-c1ccccc1)c1cc2cc(Br)ccc2o1. The fourth-order valence-electron chi connectivity index (χ4n) is 3.25. The number of furan rings is 1. The molecule has 0 unspecified atom stereocenters. The molecule has 0 aliphatic rings. The van der Waals surface area contributed by atoms with Gasteiger partial charge in [0.15, 0.2) is 10.8 Å². The van der Waals surface area contributed by atoms with Gasteiger partial charge in [0.2, 0.25) is 10.6 Å². The highest BCUT2D eigenvalue weighted by molar-refractivity contribution is 9.10. The molecule has 5 aromatic rings. The molecule has 3 aromatic carbocycles. The zero-order chi connectivity index (χ0) is 22.8. The molecule has 162 valence electrons. The number of benzene rings is 3. The molecule has 0 bridgehead atoms. The molecule has 5 rings (SSSR count). The molecule has 8 heteroatoms. The summed E-state index contributed by atoms with van der Waals surface area (Å²) < 4.78 is 8.51. The summed E-state index contributed by atoms with van der Waals surface area (Å²) in [5.41, 5.74) is 2.76. The number of fused-ring (bicyclic) bond motifs is 1. The molecule has 0 amide bonds. The molecule has 33 heavy (non-hydrogen) atoms. The van der Waals surface area contributed by atoms with E-state index < -0.39 is 0 Å². The molecule has 0 aliphatic carbocycles. The number of rotatable bonds is 5. The number of hydrogen-bond donors (Lipinski definition) is 0. The topological polar surface area (TPSA) is 72.8 Å². The van der Waals surface area contributed by atoms with E-state index >= 15 is 0 Å². The monoisotopic (exact) mass is 516 g/mol. The Morgan fingerprint density at radius 1 is 1.00 bits per heavy atom. The van der Waals surface area contributed by atoms with Crippen LogP contribution in [0, 0.1) is 0 Å². The molecule has 0 spiro atoms. The van der Waals surface area contributed by atoms with Crippen LogP contribution < -0.4 is 4.80 Å². The van der Waals surface area contributed by atoms with Gasteiger partial charge in [-0.05, 0) is 43.3 Å². The van der Waals surface area contributed by atoms with Gasteiger partial charge in [-0.3, -0.25) is 4.79 Å². The lowest BCUT2D eigenvalue weighted by Crippen LogP contribution is -2.14. The van der Waals surface area contributed by atoms with Crippen LogP contribution in [0.1, 0.15) is 28.0 Å². The zero-order valence-corrected chi connectivity index (χ0v) is 19.9. The van der Waals surface area contributed by atoms with Crippen molar-refractivity contribution in [1.82, 2.24) is 9.78 Å². The quantitative estimate of drug-likeness (QED) is 0.163. The Hall–Kier alpha value is -3.62. The molecule has 0 saturated carbocycles. The van der Waals surface area contributed by atoms with Crippen LogP contribution >= 0.6 is 27.3 Å². The molecule has 0 radical (unpaired) electrons. The van der Waals surface area contributed by atoms with E-state index in [0.29, 0.717) is 26.8 Å². The van der Waals surface area contributed by atoms with Crippen molar-refractivity contribution in [3.63, 3.8) is 0 Å². The smallest absolute Gasteiger partial charge is 0.233 e. The van der Waals surface area contributed by atoms with Gasteiger partial charge in [-0.2, -0.15) is 5.10 Å². The molecule has 0 N–H and O–H groups in total. The standard InChI is InChI=1S/C25H17BrN4O2S/c1-16(22-15-18-14-19(26)12-13-21(18)32-22)27-28-25-30(20-10-6-3-7-11-20)29-24(33-25)23(31)17-8-4-2-5-9-17/h2-15H,1H3/b27-16-,28-25-. The van der Waals surface area contributed by atoms with Gasteiger partial charge in [-0.25, -0.2) is 4.68 Å². The Morgan fingerprint density at radius 3 is 2.48 bits per heavy atom. The fraction of sp³-hybridized carbons (Fsp3) is 0.0400. The van der Waals surface area contributed by atoms with Gasteiger partial charge in [0.25, 0.3) is 0 Å². The summed E-state index contributed by atoms with van der Waals surface area (Å²) in [5.74, 6) is 0.471. The minimum absolute atomic E-state index is 0.157. The van der Waals surface area contributed by atoms with E-state index in [1.165, 1.54) is 11.3 Å². The number of halogens is 1. The van der Waals surface area contributed by atoms with Crippen LogP contribution in [-0.2, 0) is 0 Å². The summed E-state index contributed by atoms with van der Waals surface area (Å²) >= 11 is 4.67. The lowest BCUT2D eigenvalue weighted by atomic mass is 10.1. The summed E-state index contributed by atoms with van der Waals surface area (Å²) in [6.07, 6.45) is 0. The first kappa shape index (κ1) is 21.2. The molecular formula is C25H17BrN4O2S. The lowest BCUT2D eigenvalue weighted by molar-refractivity contribution is 0.103. The number of aromatic nitrogens is 2. The van der Waals surface area contributed by atoms with Crippen molar-refractivity contribution in [2.24, 2.45) is 10.2 Å². The van der Waals surface area contributed by atoms with Crippen LogP contribution in [-0.4, -0.2) is 21.3 Å². The van der Waals surface area contributed by atoms with E-state index in [9.17, 15) is 4.79 Å². The van der Waals surface area contributed by atoms with E-state index in [4.69, 9.17) is 4.42 Å². The molecule has 0 fully saturated rings. The van der Waals surface area contributed by atoms with Gasteiger partial charge < -0.3 is 4.42 Å². The van der Waals surface area contributed by atoms with Crippen LogP contribution in [0.25, 0.3) is 16.7 Å². The molecule has 0 aliphatic heterocycles. The van der Waals surface area contributed by atoms with Crippen LogP contribution in [0.2, 0.25) is 0 Å². The second kappa shape index (κ2) is 9.09. The van der Waals surface area contributed by atoms with Crippen molar-refractivity contribution in [1.29, 1.82) is 0 Å². The van der Waals surface area contributed by atoms with Crippen molar-refractivity contribution in [3.05, 3.63) is 111 Å². The van der Waals surface area contributed by atoms with Crippen molar-refractivity contribution < 1.29 is 9.21 Å². The maximum atomic E-state index is 13.0. The Labute approximate surface area is 201 Å². The Kier molecular flexibility index (Phi) is 5.85. The summed E-state index contributed by atoms with van der Waals surface area (Å²) in [6, 6.07) is 26.4. The Balaban J connectivity index is 1.58. The second-order valence-electron chi connectivity index (χ2n) is 7.21. The number of nitrogens with zero attached hydrogens (tertiary/aromatic N) is 4. The van der Waals surface area contributed by atoms with Gasteiger partial charge in [-0.1, -0.05) is 75.8 Å². The molecule has 2 heterocycles. The third kappa shape index (κ3) is 4.48. The molecular weight excluding hydrogens is 500 g/mol. The second-order valence-corrected chi connectivity index (χ2v) is 9.08. The number of carbonyl (C=O) groups excluding carboxylic acids is 1. The average Bonchev–Trinajstić information content (AvgIpc) is 3.47. The van der Waals surface area contributed by atoms with E-state index in [1.54, 1.807) is 16.8 Å². The summed E-state index contributed by atoms with van der Waals surface area (Å²) in [5, 5.41) is 14.7. The number of ketones is 1. The zero-order valence-electron chi connectivity index (χ0n) is 17.5. The number of hydrogen-bond acceptors (Lipinski definition) is 6. The maximum absolute atomic E-state index is 13.0. The van der Waals surface area contributed by atoms with Crippen LogP contribution in [0.15, 0.2) is 104 Å². The van der Waals surface area contributed by atoms with E-state index in [1.807, 2.05) is 79.7 Å². The minimum atomic E-state index is -0.157. The first-order valence-electron chi connectivity index (χ1n) is 10.1. The van der Waals surface area contributed by atoms with Gasteiger partial charge in [-0.15, -0.1) is 10.2 Å². The van der Waals surface area contributed by atoms with E-state index in [2.05, 4.69) is 31.2 Å². The van der Waals surface area contributed by atoms with Crippen LogP contribution in [0.5, 0.6) is 0 Å². The first-order chi connectivity index (χ1) is 16.1. The van der Waals surface area contributed by atoms with E-state index in [-0.39, 0.29) is 5.78 Å².